The lowest BCUT2D eigenvalue weighted by Gasteiger charge is -2.20. The second-order valence-electron chi connectivity index (χ2n) is 7.03. The molecule has 8 nitrogen and oxygen atoms in total. The Hall–Kier alpha value is -3.79. The van der Waals surface area contributed by atoms with Crippen molar-refractivity contribution in [3.05, 3.63) is 66.0 Å². The number of halogens is 1. The van der Waals surface area contributed by atoms with Gasteiger partial charge < -0.3 is 18.9 Å². The number of anilines is 1. The Balaban J connectivity index is 1.76. The van der Waals surface area contributed by atoms with Crippen LogP contribution in [0.3, 0.4) is 0 Å². The van der Waals surface area contributed by atoms with Gasteiger partial charge in [0.05, 0.1) is 30.4 Å². The van der Waals surface area contributed by atoms with Gasteiger partial charge >= 0.3 is 5.97 Å². The fraction of sp³-hybridized carbons (Fsp3) is 0.174. The number of methoxy groups -OCH3 is 2. The van der Waals surface area contributed by atoms with E-state index in [1.165, 1.54) is 39.5 Å². The highest BCUT2D eigenvalue weighted by atomic mass is 32.2. The van der Waals surface area contributed by atoms with Crippen LogP contribution in [-0.4, -0.2) is 42.4 Å². The van der Waals surface area contributed by atoms with Gasteiger partial charge in [-0.15, -0.1) is 0 Å². The first-order chi connectivity index (χ1) is 15.8. The molecule has 172 valence electrons. The number of ether oxygens (including phenoxy) is 4. The first kappa shape index (κ1) is 22.4. The summed E-state index contributed by atoms with van der Waals surface area (Å²) in [5, 5.41) is 0. The quantitative estimate of drug-likeness (QED) is 0.503. The predicted molar refractivity (Wildman–Crippen MR) is 118 cm³/mol. The molecule has 4 rings (SSSR count). The van der Waals surface area contributed by atoms with Gasteiger partial charge in [0.1, 0.15) is 5.82 Å². The Morgan fingerprint density at radius 2 is 1.70 bits per heavy atom. The summed E-state index contributed by atoms with van der Waals surface area (Å²) in [5.74, 6) is -0.106. The minimum atomic E-state index is -3.90. The average molecular weight is 473 g/mol. The van der Waals surface area contributed by atoms with E-state index in [-0.39, 0.29) is 17.3 Å². The van der Waals surface area contributed by atoms with Crippen LogP contribution in [0, 0.1) is 5.82 Å². The van der Waals surface area contributed by atoms with Crippen LogP contribution >= 0.6 is 0 Å². The van der Waals surface area contributed by atoms with Crippen LogP contribution in [0.1, 0.15) is 10.4 Å². The number of carbonyl (C=O) groups is 1. The molecule has 33 heavy (non-hydrogen) atoms. The van der Waals surface area contributed by atoms with Crippen molar-refractivity contribution in [1.82, 2.24) is 0 Å². The second kappa shape index (κ2) is 8.62. The molecule has 0 bridgehead atoms. The molecular weight excluding hydrogens is 453 g/mol. The lowest BCUT2D eigenvalue weighted by molar-refractivity contribution is 0.0601. The van der Waals surface area contributed by atoms with Gasteiger partial charge in [-0.3, -0.25) is 4.31 Å². The van der Waals surface area contributed by atoms with Crippen LogP contribution in [0.2, 0.25) is 0 Å². The number of fused-ring (bicyclic) bond motifs is 1. The molecule has 0 aliphatic carbocycles. The Labute approximate surface area is 190 Å². The Morgan fingerprint density at radius 1 is 1.03 bits per heavy atom. The van der Waals surface area contributed by atoms with Gasteiger partial charge in [0.15, 0.2) is 11.5 Å². The number of carbonyl (C=O) groups excluding carboxylic acids is 1. The number of hydrogen-bond donors (Lipinski definition) is 0. The second-order valence-corrected chi connectivity index (χ2v) is 9.00. The van der Waals surface area contributed by atoms with Crippen molar-refractivity contribution in [1.29, 1.82) is 0 Å². The predicted octanol–water partition coefficient (Wildman–Crippen LogP) is 3.84. The third-order valence-corrected chi connectivity index (χ3v) is 7.02. The van der Waals surface area contributed by atoms with E-state index in [1.807, 2.05) is 0 Å². The van der Waals surface area contributed by atoms with Gasteiger partial charge in [-0.25, -0.2) is 17.6 Å². The largest absolute Gasteiger partial charge is 0.492 e. The van der Waals surface area contributed by atoms with E-state index in [1.54, 1.807) is 24.3 Å². The van der Waals surface area contributed by atoms with Crippen molar-refractivity contribution < 1.29 is 36.6 Å². The highest BCUT2D eigenvalue weighted by Crippen LogP contribution is 2.49. The first-order valence-corrected chi connectivity index (χ1v) is 11.2. The third-order valence-electron chi connectivity index (χ3n) is 5.22. The van der Waals surface area contributed by atoms with Crippen molar-refractivity contribution >= 4 is 21.7 Å². The van der Waals surface area contributed by atoms with E-state index in [2.05, 4.69) is 0 Å². The molecule has 0 spiro atoms. The minimum absolute atomic E-state index is 0.0132. The number of nitrogens with zero attached hydrogens (tertiary/aromatic N) is 1. The molecule has 0 atom stereocenters. The van der Waals surface area contributed by atoms with E-state index < -0.39 is 21.8 Å². The topological polar surface area (TPSA) is 91.4 Å². The third kappa shape index (κ3) is 3.93. The summed E-state index contributed by atoms with van der Waals surface area (Å²) < 4.78 is 61.4. The smallest absolute Gasteiger partial charge is 0.338 e. The summed E-state index contributed by atoms with van der Waals surface area (Å²) in [6.45, 7) is -0.0132. The molecule has 0 aromatic heterocycles. The van der Waals surface area contributed by atoms with Gasteiger partial charge in [-0.05, 0) is 48.0 Å². The summed E-state index contributed by atoms with van der Waals surface area (Å²) in [4.78, 5) is 12.4. The molecule has 3 aromatic carbocycles. The monoisotopic (exact) mass is 473 g/mol. The van der Waals surface area contributed by atoms with Gasteiger partial charge in [-0.1, -0.05) is 12.1 Å². The number of esters is 1. The van der Waals surface area contributed by atoms with Gasteiger partial charge in [0, 0.05) is 12.6 Å². The van der Waals surface area contributed by atoms with E-state index in [0.717, 1.165) is 16.4 Å². The average Bonchev–Trinajstić information content (AvgIpc) is 3.30. The van der Waals surface area contributed by atoms with Crippen LogP contribution in [0.5, 0.6) is 17.2 Å². The van der Waals surface area contributed by atoms with Crippen LogP contribution in [0.4, 0.5) is 10.1 Å². The Kier molecular flexibility index (Phi) is 5.86. The molecule has 0 N–H and O–H groups in total. The number of sulfonamides is 1. The highest BCUT2D eigenvalue weighted by Gasteiger charge is 2.29. The molecule has 0 radical (unpaired) electrons. The molecule has 1 heterocycles. The zero-order chi connectivity index (χ0) is 23.8. The fourth-order valence-electron chi connectivity index (χ4n) is 3.51. The van der Waals surface area contributed by atoms with Gasteiger partial charge in [0.25, 0.3) is 10.0 Å². The lowest BCUT2D eigenvalue weighted by atomic mass is 9.97. The van der Waals surface area contributed by atoms with E-state index >= 15 is 0 Å². The van der Waals surface area contributed by atoms with Crippen LogP contribution in [0.15, 0.2) is 59.5 Å². The highest BCUT2D eigenvalue weighted by molar-refractivity contribution is 7.92. The molecule has 3 aromatic rings. The summed E-state index contributed by atoms with van der Waals surface area (Å²) in [6.07, 6.45) is 0. The molecular formula is C23H20FNO7S. The van der Waals surface area contributed by atoms with Crippen LogP contribution in [0.25, 0.3) is 11.1 Å². The van der Waals surface area contributed by atoms with Crippen LogP contribution in [-0.2, 0) is 14.8 Å². The fourth-order valence-corrected chi connectivity index (χ4v) is 4.70. The van der Waals surface area contributed by atoms with Gasteiger partial charge in [-0.2, -0.15) is 0 Å². The van der Waals surface area contributed by atoms with Crippen molar-refractivity contribution in [3.8, 4) is 28.4 Å². The first-order valence-electron chi connectivity index (χ1n) is 9.71. The lowest BCUT2D eigenvalue weighted by Crippen LogP contribution is -2.26. The maximum atomic E-state index is 13.2. The maximum absolute atomic E-state index is 13.2. The molecule has 1 aliphatic rings. The summed E-state index contributed by atoms with van der Waals surface area (Å²) in [6, 6.07) is 12.6. The standard InChI is InChI=1S/C23H20FNO7S/c1-25(33(27,28)17-10-6-15(24)7-11-17)16-8-4-14(5-9-16)20-18(23(26)30-3)12-19-21(22(20)29-2)32-13-31-19/h4-12H,13H2,1-3H3. The Bertz CT molecular complexity index is 1310. The van der Waals surface area contributed by atoms with Crippen molar-refractivity contribution in [2.24, 2.45) is 0 Å². The molecule has 0 saturated heterocycles. The van der Waals surface area contributed by atoms with Crippen LogP contribution < -0.4 is 18.5 Å². The Morgan fingerprint density at radius 3 is 2.30 bits per heavy atom. The molecule has 0 fully saturated rings. The van der Waals surface area contributed by atoms with E-state index in [9.17, 15) is 17.6 Å². The zero-order valence-electron chi connectivity index (χ0n) is 18.0. The van der Waals surface area contributed by atoms with Gasteiger partial charge in [0.2, 0.25) is 12.5 Å². The zero-order valence-corrected chi connectivity index (χ0v) is 18.8. The SMILES string of the molecule is COC(=O)c1cc2c(c(OC)c1-c1ccc(N(C)S(=O)(=O)c3ccc(F)cc3)cc1)OCO2. The minimum Gasteiger partial charge on any atom is -0.492 e. The van der Waals surface area contributed by atoms with E-state index in [4.69, 9.17) is 18.9 Å². The van der Waals surface area contributed by atoms with Crippen molar-refractivity contribution in [2.75, 3.05) is 32.4 Å². The molecule has 0 amide bonds. The number of rotatable bonds is 6. The molecule has 0 unspecified atom stereocenters. The van der Waals surface area contributed by atoms with E-state index in [0.29, 0.717) is 34.1 Å². The molecule has 10 heteroatoms. The normalized spacial score (nSPS) is 12.4. The summed E-state index contributed by atoms with van der Waals surface area (Å²) >= 11 is 0. The summed E-state index contributed by atoms with van der Waals surface area (Å²) in [5.41, 5.74) is 1.56. The molecule has 1 aliphatic heterocycles. The number of hydrogen-bond acceptors (Lipinski definition) is 7. The van der Waals surface area contributed by atoms with Crippen molar-refractivity contribution in [3.63, 3.8) is 0 Å². The maximum Gasteiger partial charge on any atom is 0.338 e. The summed E-state index contributed by atoms with van der Waals surface area (Å²) in [7, 11) is 0.205. The number of benzene rings is 3. The molecule has 0 saturated carbocycles. The van der Waals surface area contributed by atoms with Crippen molar-refractivity contribution in [2.45, 2.75) is 4.90 Å².